The molecule has 1 aliphatic rings. The van der Waals surface area contributed by atoms with Crippen LogP contribution in [0.4, 0.5) is 8.78 Å². The fourth-order valence-corrected chi connectivity index (χ4v) is 3.12. The minimum atomic E-state index is -0.466. The highest BCUT2D eigenvalue weighted by Gasteiger charge is 2.40. The van der Waals surface area contributed by atoms with Gasteiger partial charge in [0.15, 0.2) is 0 Å². The second-order valence-electron chi connectivity index (χ2n) is 5.27. The molecule has 4 heteroatoms. The second-order valence-corrected chi connectivity index (χ2v) is 6.19. The summed E-state index contributed by atoms with van der Waals surface area (Å²) in [5.41, 5.74) is 1.05. The summed E-state index contributed by atoms with van der Waals surface area (Å²) in [5, 5.41) is 3.22. The highest BCUT2D eigenvalue weighted by atomic mass is 79.9. The molecule has 1 saturated heterocycles. The molecule has 0 saturated carbocycles. The molecule has 20 heavy (non-hydrogen) atoms. The largest absolute Gasteiger partial charge is 0.315 e. The van der Waals surface area contributed by atoms with Crippen molar-refractivity contribution in [1.82, 2.24) is 5.32 Å². The van der Waals surface area contributed by atoms with E-state index in [4.69, 9.17) is 0 Å². The number of rotatable bonds is 3. The molecule has 0 aromatic heterocycles. The topological polar surface area (TPSA) is 12.0 Å². The smallest absolute Gasteiger partial charge is 0.129 e. The molecule has 3 rings (SSSR count). The monoisotopic (exact) mass is 337 g/mol. The van der Waals surface area contributed by atoms with Crippen molar-refractivity contribution in [2.24, 2.45) is 0 Å². The summed E-state index contributed by atoms with van der Waals surface area (Å²) in [6.45, 7) is 1.47. The fraction of sp³-hybridized carbons (Fsp3) is 0.250. The predicted octanol–water partition coefficient (Wildman–Crippen LogP) is 3.81. The van der Waals surface area contributed by atoms with Crippen molar-refractivity contribution in [3.05, 3.63) is 69.7 Å². The quantitative estimate of drug-likeness (QED) is 0.897. The number of benzene rings is 2. The minimum absolute atomic E-state index is 0.175. The Bertz CT molecular complexity index is 618. The lowest BCUT2D eigenvalue weighted by atomic mass is 9.71. The Morgan fingerprint density at radius 2 is 1.70 bits per heavy atom. The van der Waals surface area contributed by atoms with Crippen molar-refractivity contribution in [3.63, 3.8) is 0 Å². The molecule has 104 valence electrons. The third-order valence-electron chi connectivity index (χ3n) is 3.94. The van der Waals surface area contributed by atoms with Crippen LogP contribution < -0.4 is 5.32 Å². The van der Waals surface area contributed by atoms with Gasteiger partial charge in [0.05, 0.1) is 0 Å². The van der Waals surface area contributed by atoms with Gasteiger partial charge < -0.3 is 5.32 Å². The van der Waals surface area contributed by atoms with Crippen LogP contribution in [-0.4, -0.2) is 13.1 Å². The van der Waals surface area contributed by atoms with Crippen molar-refractivity contribution in [3.8, 4) is 0 Å². The van der Waals surface area contributed by atoms with Crippen LogP contribution in [0.25, 0.3) is 0 Å². The van der Waals surface area contributed by atoms with Crippen LogP contribution in [0.5, 0.6) is 0 Å². The Morgan fingerprint density at radius 1 is 1.05 bits per heavy atom. The standard InChI is InChI=1S/C16H14BrF2N/c17-12-4-1-3-11(7-12)16(9-20-10-16)8-13-14(18)5-2-6-15(13)19/h1-7,20H,8-10H2. The SMILES string of the molecule is Fc1cccc(F)c1CC1(c2cccc(Br)c2)CNC1. The van der Waals surface area contributed by atoms with E-state index in [1.165, 1.54) is 18.2 Å². The van der Waals surface area contributed by atoms with Gasteiger partial charge in [-0.05, 0) is 36.2 Å². The van der Waals surface area contributed by atoms with E-state index in [9.17, 15) is 8.78 Å². The van der Waals surface area contributed by atoms with Crippen molar-refractivity contribution in [2.45, 2.75) is 11.8 Å². The number of hydrogen-bond acceptors (Lipinski definition) is 1. The first kappa shape index (κ1) is 13.7. The summed E-state index contributed by atoms with van der Waals surface area (Å²) in [5.74, 6) is -0.933. The van der Waals surface area contributed by atoms with Gasteiger partial charge in [-0.25, -0.2) is 8.78 Å². The van der Waals surface area contributed by atoms with Crippen LogP contribution in [0.2, 0.25) is 0 Å². The third kappa shape index (κ3) is 2.38. The van der Waals surface area contributed by atoms with Gasteiger partial charge in [0, 0.05) is 28.5 Å². The first-order valence-corrected chi connectivity index (χ1v) is 7.30. The fourth-order valence-electron chi connectivity index (χ4n) is 2.72. The van der Waals surface area contributed by atoms with E-state index >= 15 is 0 Å². The first-order valence-electron chi connectivity index (χ1n) is 6.50. The molecule has 0 radical (unpaired) electrons. The average molecular weight is 338 g/mol. The van der Waals surface area contributed by atoms with E-state index in [0.717, 1.165) is 23.1 Å². The maximum absolute atomic E-state index is 13.9. The summed E-state index contributed by atoms with van der Waals surface area (Å²) in [6, 6.07) is 12.0. The highest BCUT2D eigenvalue weighted by molar-refractivity contribution is 9.10. The highest BCUT2D eigenvalue weighted by Crippen LogP contribution is 2.35. The molecule has 1 fully saturated rings. The van der Waals surface area contributed by atoms with Crippen molar-refractivity contribution in [2.75, 3.05) is 13.1 Å². The van der Waals surface area contributed by atoms with Gasteiger partial charge in [0.25, 0.3) is 0 Å². The Balaban J connectivity index is 1.98. The average Bonchev–Trinajstić information content (AvgIpc) is 2.36. The van der Waals surface area contributed by atoms with Gasteiger partial charge in [-0.2, -0.15) is 0 Å². The van der Waals surface area contributed by atoms with Crippen molar-refractivity contribution < 1.29 is 8.78 Å². The lowest BCUT2D eigenvalue weighted by Gasteiger charge is -2.43. The predicted molar refractivity (Wildman–Crippen MR) is 78.8 cm³/mol. The summed E-state index contributed by atoms with van der Waals surface area (Å²) in [6.07, 6.45) is 0.370. The van der Waals surface area contributed by atoms with Gasteiger partial charge >= 0.3 is 0 Å². The molecule has 0 spiro atoms. The number of nitrogens with one attached hydrogen (secondary N) is 1. The van der Waals surface area contributed by atoms with E-state index in [2.05, 4.69) is 21.2 Å². The van der Waals surface area contributed by atoms with Crippen LogP contribution in [0, 0.1) is 11.6 Å². The number of hydrogen-bond donors (Lipinski definition) is 1. The minimum Gasteiger partial charge on any atom is -0.315 e. The molecule has 1 N–H and O–H groups in total. The molecule has 0 bridgehead atoms. The summed E-state index contributed by atoms with van der Waals surface area (Å²) in [7, 11) is 0. The van der Waals surface area contributed by atoms with E-state index < -0.39 is 11.6 Å². The molecular weight excluding hydrogens is 324 g/mol. The molecule has 1 aliphatic heterocycles. The molecule has 0 unspecified atom stereocenters. The second kappa shape index (κ2) is 5.26. The van der Waals surface area contributed by atoms with Gasteiger partial charge in [-0.1, -0.05) is 34.1 Å². The zero-order valence-corrected chi connectivity index (χ0v) is 12.4. The lowest BCUT2D eigenvalue weighted by Crippen LogP contribution is -2.58. The van der Waals surface area contributed by atoms with E-state index in [-0.39, 0.29) is 11.0 Å². The Kier molecular flexibility index (Phi) is 3.61. The molecule has 0 aliphatic carbocycles. The Morgan fingerprint density at radius 3 is 2.25 bits per heavy atom. The normalized spacial score (nSPS) is 16.8. The van der Waals surface area contributed by atoms with Crippen LogP contribution in [-0.2, 0) is 11.8 Å². The van der Waals surface area contributed by atoms with Crippen LogP contribution in [0.1, 0.15) is 11.1 Å². The van der Waals surface area contributed by atoms with Crippen LogP contribution in [0.3, 0.4) is 0 Å². The van der Waals surface area contributed by atoms with Gasteiger partial charge in [-0.15, -0.1) is 0 Å². The molecule has 2 aromatic carbocycles. The van der Waals surface area contributed by atoms with E-state index in [0.29, 0.717) is 6.42 Å². The van der Waals surface area contributed by atoms with E-state index in [1.807, 2.05) is 24.3 Å². The van der Waals surface area contributed by atoms with E-state index in [1.54, 1.807) is 0 Å². The summed E-state index contributed by atoms with van der Waals surface area (Å²) < 4.78 is 28.7. The maximum Gasteiger partial charge on any atom is 0.129 e. The first-order chi connectivity index (χ1) is 9.61. The van der Waals surface area contributed by atoms with Crippen molar-refractivity contribution >= 4 is 15.9 Å². The third-order valence-corrected chi connectivity index (χ3v) is 4.43. The molecule has 1 heterocycles. The molecule has 1 nitrogen and oxygen atoms in total. The molecule has 2 aromatic rings. The lowest BCUT2D eigenvalue weighted by molar-refractivity contribution is 0.269. The summed E-state index contributed by atoms with van der Waals surface area (Å²) in [4.78, 5) is 0. The maximum atomic E-state index is 13.9. The summed E-state index contributed by atoms with van der Waals surface area (Å²) >= 11 is 3.45. The van der Waals surface area contributed by atoms with Crippen LogP contribution in [0.15, 0.2) is 46.9 Å². The zero-order valence-electron chi connectivity index (χ0n) is 10.8. The van der Waals surface area contributed by atoms with Gasteiger partial charge in [-0.3, -0.25) is 0 Å². The van der Waals surface area contributed by atoms with Crippen molar-refractivity contribution in [1.29, 1.82) is 0 Å². The zero-order chi connectivity index (χ0) is 14.2. The van der Waals surface area contributed by atoms with Crippen LogP contribution >= 0.6 is 15.9 Å². The Hall–Kier alpha value is -1.26. The number of halogens is 3. The molecular formula is C16H14BrF2N. The van der Waals surface area contributed by atoms with Gasteiger partial charge in [0.1, 0.15) is 11.6 Å². The van der Waals surface area contributed by atoms with Gasteiger partial charge in [0.2, 0.25) is 0 Å². The molecule has 0 amide bonds. The molecule has 0 atom stereocenters. The Labute approximate surface area is 125 Å².